The van der Waals surface area contributed by atoms with Gasteiger partial charge < -0.3 is 0 Å². The van der Waals surface area contributed by atoms with Crippen molar-refractivity contribution < 1.29 is 9.59 Å². The number of carbonyl (C=O) groups excluding carboxylic acids is 2. The van der Waals surface area contributed by atoms with Gasteiger partial charge in [0.25, 0.3) is 0 Å². The molecule has 0 spiro atoms. The quantitative estimate of drug-likeness (QED) is 0.656. The second kappa shape index (κ2) is 3.94. The van der Waals surface area contributed by atoms with Crippen LogP contribution in [0.3, 0.4) is 0 Å². The summed E-state index contributed by atoms with van der Waals surface area (Å²) in [6.45, 7) is 3.00. The molecule has 0 saturated heterocycles. The first-order chi connectivity index (χ1) is 6.09. The summed E-state index contributed by atoms with van der Waals surface area (Å²) >= 11 is 0. The summed E-state index contributed by atoms with van der Waals surface area (Å²) in [4.78, 5) is 25.6. The van der Waals surface area contributed by atoms with Gasteiger partial charge in [0, 0.05) is 24.4 Å². The molecule has 0 radical (unpaired) electrons. The van der Waals surface area contributed by atoms with Gasteiger partial charge in [0.15, 0.2) is 5.78 Å². The fraction of sp³-hybridized carbons (Fsp3) is 0.300. The van der Waals surface area contributed by atoms with Crippen molar-refractivity contribution in [3.63, 3.8) is 0 Å². The third kappa shape index (κ3) is 2.78. The number of ketones is 2. The molecule has 0 saturated carbocycles. The average Bonchev–Trinajstić information content (AvgIpc) is 2.03. The summed E-state index contributed by atoms with van der Waals surface area (Å²) in [5.41, 5.74) is 1.35. The lowest BCUT2D eigenvalue weighted by molar-refractivity contribution is -0.116. The van der Waals surface area contributed by atoms with Gasteiger partial charge in [0.05, 0.1) is 0 Å². The second-order valence-electron chi connectivity index (χ2n) is 3.02. The first-order valence-corrected chi connectivity index (χ1v) is 4.04. The van der Waals surface area contributed by atoms with Crippen LogP contribution in [0.5, 0.6) is 0 Å². The zero-order valence-corrected chi connectivity index (χ0v) is 7.70. The smallest absolute Gasteiger partial charge is 0.161 e. The van der Waals surface area contributed by atoms with Crippen LogP contribution in [0.15, 0.2) is 18.5 Å². The van der Waals surface area contributed by atoms with Crippen LogP contribution in [-0.2, 0) is 11.2 Å². The number of carbonyl (C=O) groups is 2. The summed E-state index contributed by atoms with van der Waals surface area (Å²) in [6, 6.07) is 1.71. The topological polar surface area (TPSA) is 47.0 Å². The Labute approximate surface area is 76.8 Å². The van der Waals surface area contributed by atoms with Crippen molar-refractivity contribution in [1.82, 2.24) is 4.98 Å². The number of nitrogens with zero attached hydrogens (tertiary/aromatic N) is 1. The van der Waals surface area contributed by atoms with E-state index in [1.165, 1.54) is 20.0 Å². The second-order valence-corrected chi connectivity index (χ2v) is 3.02. The molecule has 0 unspecified atom stereocenters. The third-order valence-electron chi connectivity index (χ3n) is 1.65. The summed E-state index contributed by atoms with van der Waals surface area (Å²) in [6.07, 6.45) is 3.45. The van der Waals surface area contributed by atoms with Crippen LogP contribution in [0.1, 0.15) is 29.8 Å². The Morgan fingerprint density at radius 2 is 2.00 bits per heavy atom. The lowest BCUT2D eigenvalue weighted by Crippen LogP contribution is -2.00. The van der Waals surface area contributed by atoms with E-state index >= 15 is 0 Å². The van der Waals surface area contributed by atoms with Crippen molar-refractivity contribution in [2.45, 2.75) is 20.3 Å². The number of rotatable bonds is 3. The van der Waals surface area contributed by atoms with Crippen LogP contribution < -0.4 is 0 Å². The number of hydrogen-bond donors (Lipinski definition) is 0. The zero-order chi connectivity index (χ0) is 9.84. The van der Waals surface area contributed by atoms with Gasteiger partial charge in [-0.25, -0.2) is 0 Å². The van der Waals surface area contributed by atoms with Crippen molar-refractivity contribution in [2.75, 3.05) is 0 Å². The van der Waals surface area contributed by atoms with Gasteiger partial charge in [-0.05, 0) is 25.5 Å². The molecular formula is C10H11NO2. The molecule has 0 aromatic carbocycles. The summed E-state index contributed by atoms with van der Waals surface area (Å²) in [7, 11) is 0. The van der Waals surface area contributed by atoms with Crippen LogP contribution in [0.4, 0.5) is 0 Å². The lowest BCUT2D eigenvalue weighted by Gasteiger charge is -1.98. The number of pyridine rings is 1. The molecule has 3 heteroatoms. The Hall–Kier alpha value is -1.51. The van der Waals surface area contributed by atoms with E-state index in [1.54, 1.807) is 12.3 Å². The molecule has 0 N–H and O–H groups in total. The lowest BCUT2D eigenvalue weighted by atomic mass is 10.1. The molecule has 0 bridgehead atoms. The van der Waals surface area contributed by atoms with E-state index in [0.717, 1.165) is 5.56 Å². The SMILES string of the molecule is CC(=O)Cc1cncc(C(C)=O)c1. The molecule has 0 aliphatic heterocycles. The Morgan fingerprint density at radius 1 is 1.31 bits per heavy atom. The Balaban J connectivity index is 2.91. The molecule has 13 heavy (non-hydrogen) atoms. The largest absolute Gasteiger partial charge is 0.300 e. The van der Waals surface area contributed by atoms with E-state index in [1.807, 2.05) is 0 Å². The molecule has 1 rings (SSSR count). The van der Waals surface area contributed by atoms with E-state index in [4.69, 9.17) is 0 Å². The van der Waals surface area contributed by atoms with E-state index < -0.39 is 0 Å². The predicted molar refractivity (Wildman–Crippen MR) is 48.6 cm³/mol. The highest BCUT2D eigenvalue weighted by Crippen LogP contribution is 2.04. The first-order valence-electron chi connectivity index (χ1n) is 4.04. The number of Topliss-reactive ketones (excluding diaryl/α,β-unsaturated/α-hetero) is 2. The van der Waals surface area contributed by atoms with Crippen LogP contribution >= 0.6 is 0 Å². The van der Waals surface area contributed by atoms with Gasteiger partial charge in [-0.3, -0.25) is 14.6 Å². The van der Waals surface area contributed by atoms with Gasteiger partial charge >= 0.3 is 0 Å². The molecule has 68 valence electrons. The van der Waals surface area contributed by atoms with Crippen LogP contribution in [0.25, 0.3) is 0 Å². The van der Waals surface area contributed by atoms with Crippen molar-refractivity contribution in [2.24, 2.45) is 0 Å². The first kappa shape index (κ1) is 9.58. The van der Waals surface area contributed by atoms with Gasteiger partial charge in [-0.15, -0.1) is 0 Å². The van der Waals surface area contributed by atoms with E-state index in [-0.39, 0.29) is 11.6 Å². The van der Waals surface area contributed by atoms with Crippen molar-refractivity contribution in [3.8, 4) is 0 Å². The fourth-order valence-corrected chi connectivity index (χ4v) is 1.06. The molecule has 1 aromatic rings. The minimum Gasteiger partial charge on any atom is -0.300 e. The molecular weight excluding hydrogens is 166 g/mol. The zero-order valence-electron chi connectivity index (χ0n) is 7.70. The molecule has 0 amide bonds. The van der Waals surface area contributed by atoms with Gasteiger partial charge in [-0.1, -0.05) is 0 Å². The molecule has 1 heterocycles. The standard InChI is InChI=1S/C10H11NO2/c1-7(12)3-9-4-10(8(2)13)6-11-5-9/h4-6H,3H2,1-2H3. The molecule has 0 fully saturated rings. The monoisotopic (exact) mass is 177 g/mol. The predicted octanol–water partition coefficient (Wildman–Crippen LogP) is 1.42. The fourth-order valence-electron chi connectivity index (χ4n) is 1.06. The molecule has 0 aliphatic carbocycles. The average molecular weight is 177 g/mol. The molecule has 3 nitrogen and oxygen atoms in total. The highest BCUT2D eigenvalue weighted by Gasteiger charge is 2.02. The van der Waals surface area contributed by atoms with Gasteiger partial charge in [-0.2, -0.15) is 0 Å². The number of hydrogen-bond acceptors (Lipinski definition) is 3. The maximum absolute atomic E-state index is 11.0. The summed E-state index contributed by atoms with van der Waals surface area (Å²) < 4.78 is 0. The van der Waals surface area contributed by atoms with Crippen molar-refractivity contribution in [1.29, 1.82) is 0 Å². The van der Waals surface area contributed by atoms with E-state index in [9.17, 15) is 9.59 Å². The van der Waals surface area contributed by atoms with E-state index in [0.29, 0.717) is 12.0 Å². The third-order valence-corrected chi connectivity index (χ3v) is 1.65. The normalized spacial score (nSPS) is 9.69. The molecule has 0 aliphatic rings. The highest BCUT2D eigenvalue weighted by molar-refractivity contribution is 5.94. The minimum absolute atomic E-state index is 0.0297. The van der Waals surface area contributed by atoms with Crippen LogP contribution in [0.2, 0.25) is 0 Å². The Kier molecular flexibility index (Phi) is 2.90. The molecule has 1 aromatic heterocycles. The van der Waals surface area contributed by atoms with Crippen LogP contribution in [-0.4, -0.2) is 16.6 Å². The maximum Gasteiger partial charge on any atom is 0.161 e. The summed E-state index contributed by atoms with van der Waals surface area (Å²) in [5, 5.41) is 0. The highest BCUT2D eigenvalue weighted by atomic mass is 16.1. The van der Waals surface area contributed by atoms with Gasteiger partial charge in [0.2, 0.25) is 0 Å². The summed E-state index contributed by atoms with van der Waals surface area (Å²) in [5.74, 6) is 0.0420. The van der Waals surface area contributed by atoms with Crippen molar-refractivity contribution in [3.05, 3.63) is 29.6 Å². The van der Waals surface area contributed by atoms with Crippen LogP contribution in [0, 0.1) is 0 Å². The Morgan fingerprint density at radius 3 is 2.54 bits per heavy atom. The number of aromatic nitrogens is 1. The Bertz CT molecular complexity index is 345. The minimum atomic E-state index is -0.0297. The van der Waals surface area contributed by atoms with Crippen molar-refractivity contribution >= 4 is 11.6 Å². The molecule has 0 atom stereocenters. The maximum atomic E-state index is 11.0. The van der Waals surface area contributed by atoms with Gasteiger partial charge in [0.1, 0.15) is 5.78 Å². The van der Waals surface area contributed by atoms with E-state index in [2.05, 4.69) is 4.98 Å².